The van der Waals surface area contributed by atoms with Crippen molar-refractivity contribution in [1.29, 1.82) is 0 Å². The molecule has 24 heavy (non-hydrogen) atoms. The Morgan fingerprint density at radius 1 is 0.958 bits per heavy atom. The molecule has 0 bridgehead atoms. The summed E-state index contributed by atoms with van der Waals surface area (Å²) in [6.45, 7) is 5.45. The predicted octanol–water partition coefficient (Wildman–Crippen LogP) is 2.80. The highest BCUT2D eigenvalue weighted by atomic mass is 35.5. The lowest BCUT2D eigenvalue weighted by Gasteiger charge is -2.16. The molecule has 1 aromatic rings. The smallest absolute Gasteiger partial charge is 0.338 e. The van der Waals surface area contributed by atoms with Crippen LogP contribution in [0.5, 0.6) is 0 Å². The summed E-state index contributed by atoms with van der Waals surface area (Å²) in [5.41, 5.74) is 0.673. The molecule has 0 aliphatic heterocycles. The average Bonchev–Trinajstić information content (AvgIpc) is 2.53. The van der Waals surface area contributed by atoms with E-state index in [0.717, 1.165) is 0 Å². The first kappa shape index (κ1) is 20.0. The first-order chi connectivity index (χ1) is 11.4. The molecule has 0 aliphatic carbocycles. The minimum absolute atomic E-state index is 0.0631. The van der Waals surface area contributed by atoms with Gasteiger partial charge in [0.25, 0.3) is 0 Å². The fraction of sp³-hybridized carbons (Fsp3) is 0.471. The van der Waals surface area contributed by atoms with Crippen molar-refractivity contribution in [2.75, 3.05) is 19.8 Å². The second kappa shape index (κ2) is 9.93. The Balaban J connectivity index is 3.16. The van der Waals surface area contributed by atoms with Gasteiger partial charge in [-0.2, -0.15) is 0 Å². The van der Waals surface area contributed by atoms with Crippen molar-refractivity contribution < 1.29 is 28.6 Å². The molecular formula is C17H21ClO6. The maximum atomic E-state index is 12.1. The van der Waals surface area contributed by atoms with Crippen LogP contribution in [0.15, 0.2) is 18.2 Å². The molecular weight excluding hydrogens is 336 g/mol. The molecule has 0 spiro atoms. The van der Waals surface area contributed by atoms with Gasteiger partial charge >= 0.3 is 17.9 Å². The third-order valence-electron chi connectivity index (χ3n) is 3.13. The lowest BCUT2D eigenvalue weighted by atomic mass is 9.95. The highest BCUT2D eigenvalue weighted by Gasteiger charge is 2.31. The van der Waals surface area contributed by atoms with Crippen molar-refractivity contribution >= 4 is 29.5 Å². The third-order valence-corrected chi connectivity index (χ3v) is 3.36. The van der Waals surface area contributed by atoms with E-state index < -0.39 is 23.8 Å². The van der Waals surface area contributed by atoms with Gasteiger partial charge in [0.15, 0.2) is 5.92 Å². The lowest BCUT2D eigenvalue weighted by molar-refractivity contribution is -0.161. The van der Waals surface area contributed by atoms with E-state index in [1.165, 1.54) is 12.1 Å². The van der Waals surface area contributed by atoms with E-state index in [0.29, 0.717) is 10.6 Å². The molecule has 0 amide bonds. The summed E-state index contributed by atoms with van der Waals surface area (Å²) < 4.78 is 14.9. The Bertz CT molecular complexity index is 581. The normalized spacial score (nSPS) is 10.4. The van der Waals surface area contributed by atoms with Crippen LogP contribution in [0.3, 0.4) is 0 Å². The van der Waals surface area contributed by atoms with Crippen molar-refractivity contribution in [3.8, 4) is 0 Å². The third kappa shape index (κ3) is 5.53. The molecule has 0 unspecified atom stereocenters. The van der Waals surface area contributed by atoms with Gasteiger partial charge in [0, 0.05) is 5.02 Å². The van der Waals surface area contributed by atoms with Crippen molar-refractivity contribution in [3.05, 3.63) is 34.3 Å². The Kier molecular flexibility index (Phi) is 8.26. The van der Waals surface area contributed by atoms with Crippen LogP contribution in [-0.4, -0.2) is 37.7 Å². The number of halogens is 1. The highest BCUT2D eigenvalue weighted by molar-refractivity contribution is 6.30. The lowest BCUT2D eigenvalue weighted by Crippen LogP contribution is -2.30. The van der Waals surface area contributed by atoms with E-state index in [9.17, 15) is 14.4 Å². The van der Waals surface area contributed by atoms with Crippen LogP contribution in [0, 0.1) is 5.92 Å². The van der Waals surface area contributed by atoms with Gasteiger partial charge in [0.2, 0.25) is 0 Å². The number of benzene rings is 1. The SMILES string of the molecule is CCOC(=O)c1ccc(Cl)cc1CC(C(=O)OCC)C(=O)OCC. The van der Waals surface area contributed by atoms with Crippen LogP contribution in [0.1, 0.15) is 36.7 Å². The molecule has 0 heterocycles. The standard InChI is InChI=1S/C17H21ClO6/c1-4-22-15(19)13-8-7-12(18)9-11(13)10-14(16(20)23-5-2)17(21)24-6-3/h7-9,14H,4-6,10H2,1-3H3. The minimum atomic E-state index is -1.17. The van der Waals surface area contributed by atoms with Gasteiger partial charge in [-0.25, -0.2) is 4.79 Å². The first-order valence-electron chi connectivity index (χ1n) is 7.73. The molecule has 0 N–H and O–H groups in total. The van der Waals surface area contributed by atoms with Crippen LogP contribution in [0.2, 0.25) is 5.02 Å². The van der Waals surface area contributed by atoms with Crippen LogP contribution < -0.4 is 0 Å². The number of carbonyl (C=O) groups excluding carboxylic acids is 3. The molecule has 0 aliphatic rings. The number of carbonyl (C=O) groups is 3. The maximum absolute atomic E-state index is 12.1. The van der Waals surface area contributed by atoms with E-state index in [4.69, 9.17) is 25.8 Å². The zero-order valence-electron chi connectivity index (χ0n) is 14.0. The molecule has 0 radical (unpaired) electrons. The number of rotatable bonds is 8. The molecule has 1 aromatic carbocycles. The Morgan fingerprint density at radius 3 is 2.00 bits per heavy atom. The van der Waals surface area contributed by atoms with Gasteiger partial charge in [0.1, 0.15) is 0 Å². The van der Waals surface area contributed by atoms with Gasteiger partial charge in [-0.15, -0.1) is 0 Å². The van der Waals surface area contributed by atoms with E-state index in [1.807, 2.05) is 0 Å². The molecule has 0 fully saturated rings. The summed E-state index contributed by atoms with van der Waals surface area (Å²) in [6, 6.07) is 4.57. The summed E-state index contributed by atoms with van der Waals surface area (Å²) in [4.78, 5) is 36.2. The Morgan fingerprint density at radius 2 is 1.50 bits per heavy atom. The van der Waals surface area contributed by atoms with Crippen molar-refractivity contribution in [1.82, 2.24) is 0 Å². The summed E-state index contributed by atoms with van der Waals surface area (Å²) in [5.74, 6) is -3.12. The van der Waals surface area contributed by atoms with Gasteiger partial charge < -0.3 is 14.2 Å². The molecule has 7 heteroatoms. The van der Waals surface area contributed by atoms with Crippen LogP contribution in [-0.2, 0) is 30.2 Å². The van der Waals surface area contributed by atoms with E-state index >= 15 is 0 Å². The molecule has 0 aromatic heterocycles. The van der Waals surface area contributed by atoms with Crippen molar-refractivity contribution in [3.63, 3.8) is 0 Å². The summed E-state index contributed by atoms with van der Waals surface area (Å²) in [7, 11) is 0. The average molecular weight is 357 g/mol. The second-order valence-electron chi connectivity index (χ2n) is 4.78. The monoisotopic (exact) mass is 356 g/mol. The Hall–Kier alpha value is -2.08. The zero-order chi connectivity index (χ0) is 18.1. The maximum Gasteiger partial charge on any atom is 0.338 e. The van der Waals surface area contributed by atoms with E-state index in [-0.39, 0.29) is 31.8 Å². The van der Waals surface area contributed by atoms with Crippen molar-refractivity contribution in [2.45, 2.75) is 27.2 Å². The quantitative estimate of drug-likeness (QED) is 0.405. The van der Waals surface area contributed by atoms with E-state index in [1.54, 1.807) is 26.8 Å². The van der Waals surface area contributed by atoms with Gasteiger partial charge in [-0.1, -0.05) is 11.6 Å². The highest BCUT2D eigenvalue weighted by Crippen LogP contribution is 2.22. The fourth-order valence-corrected chi connectivity index (χ4v) is 2.30. The molecule has 0 saturated carbocycles. The van der Waals surface area contributed by atoms with Crippen molar-refractivity contribution in [2.24, 2.45) is 5.92 Å². The van der Waals surface area contributed by atoms with Gasteiger partial charge in [-0.05, 0) is 51.0 Å². The molecule has 0 atom stereocenters. The topological polar surface area (TPSA) is 78.9 Å². The molecule has 6 nitrogen and oxygen atoms in total. The predicted molar refractivity (Wildman–Crippen MR) is 87.9 cm³/mol. The zero-order valence-corrected chi connectivity index (χ0v) is 14.7. The molecule has 132 valence electrons. The summed E-state index contributed by atoms with van der Waals surface area (Å²) >= 11 is 5.98. The number of hydrogen-bond donors (Lipinski definition) is 0. The molecule has 0 saturated heterocycles. The van der Waals surface area contributed by atoms with Gasteiger partial charge in [-0.3, -0.25) is 9.59 Å². The van der Waals surface area contributed by atoms with Crippen LogP contribution >= 0.6 is 11.6 Å². The van der Waals surface area contributed by atoms with Crippen LogP contribution in [0.4, 0.5) is 0 Å². The van der Waals surface area contributed by atoms with Gasteiger partial charge in [0.05, 0.1) is 25.4 Å². The molecule has 1 rings (SSSR count). The summed E-state index contributed by atoms with van der Waals surface area (Å²) in [6.07, 6.45) is -0.0631. The second-order valence-corrected chi connectivity index (χ2v) is 5.22. The van der Waals surface area contributed by atoms with E-state index in [2.05, 4.69) is 0 Å². The number of ether oxygens (including phenoxy) is 3. The van der Waals surface area contributed by atoms with Crippen LogP contribution in [0.25, 0.3) is 0 Å². The first-order valence-corrected chi connectivity index (χ1v) is 8.11. The minimum Gasteiger partial charge on any atom is -0.465 e. The summed E-state index contributed by atoms with van der Waals surface area (Å²) in [5, 5.41) is 0.379. The number of esters is 3. The largest absolute Gasteiger partial charge is 0.465 e. The number of hydrogen-bond acceptors (Lipinski definition) is 6. The fourth-order valence-electron chi connectivity index (χ4n) is 2.11. The Labute approximate surface area is 146 Å².